The maximum Gasteiger partial charge on any atom is 0.0480 e. The molecule has 0 aliphatic rings. The lowest BCUT2D eigenvalue weighted by molar-refractivity contribution is 0.729. The zero-order chi connectivity index (χ0) is 12.4. The second-order valence-corrected chi connectivity index (χ2v) is 5.47. The fraction of sp³-hybridized carbons (Fsp3) is 0.200. The molecule has 3 rings (SSSR count). The molecule has 2 nitrogen and oxygen atoms in total. The Morgan fingerprint density at radius 2 is 2.11 bits per heavy atom. The van der Waals surface area contributed by atoms with Crippen molar-refractivity contribution < 1.29 is 0 Å². The molecular weight excluding hydrogens is 240 g/mol. The van der Waals surface area contributed by atoms with E-state index in [1.54, 1.807) is 0 Å². The summed E-state index contributed by atoms with van der Waals surface area (Å²) in [4.78, 5) is 1.44. The molecule has 18 heavy (non-hydrogen) atoms. The summed E-state index contributed by atoms with van der Waals surface area (Å²) in [6, 6.07) is 12.9. The van der Waals surface area contributed by atoms with Crippen LogP contribution in [0.5, 0.6) is 0 Å². The number of nitrogens with zero attached hydrogens (tertiary/aromatic N) is 1. The van der Waals surface area contributed by atoms with Gasteiger partial charge in [-0.05, 0) is 47.0 Å². The number of thiophene rings is 1. The highest BCUT2D eigenvalue weighted by Gasteiger charge is 2.02. The second kappa shape index (κ2) is 4.96. The van der Waals surface area contributed by atoms with E-state index >= 15 is 0 Å². The molecule has 2 heterocycles. The third-order valence-electron chi connectivity index (χ3n) is 3.25. The smallest absolute Gasteiger partial charge is 0.0480 e. The van der Waals surface area contributed by atoms with E-state index in [4.69, 9.17) is 5.73 Å². The maximum atomic E-state index is 5.67. The highest BCUT2D eigenvalue weighted by Crippen LogP contribution is 2.19. The van der Waals surface area contributed by atoms with Crippen molar-refractivity contribution in [3.8, 4) is 0 Å². The molecule has 1 aromatic carbocycles. The molecule has 3 heteroatoms. The van der Waals surface area contributed by atoms with Crippen molar-refractivity contribution in [2.75, 3.05) is 0 Å². The fourth-order valence-electron chi connectivity index (χ4n) is 2.26. The van der Waals surface area contributed by atoms with E-state index in [0.29, 0.717) is 6.54 Å². The van der Waals surface area contributed by atoms with E-state index in [2.05, 4.69) is 52.5 Å². The molecule has 0 unspecified atom stereocenters. The van der Waals surface area contributed by atoms with Gasteiger partial charge in [0.05, 0.1) is 0 Å². The maximum absolute atomic E-state index is 5.67. The summed E-state index contributed by atoms with van der Waals surface area (Å²) < 4.78 is 2.31. The van der Waals surface area contributed by atoms with Crippen molar-refractivity contribution in [2.24, 2.45) is 5.73 Å². The quantitative estimate of drug-likeness (QED) is 0.762. The Bertz CT molecular complexity index is 638. The van der Waals surface area contributed by atoms with Crippen molar-refractivity contribution in [3.63, 3.8) is 0 Å². The summed E-state index contributed by atoms with van der Waals surface area (Å²) in [7, 11) is 0. The third kappa shape index (κ3) is 2.19. The van der Waals surface area contributed by atoms with Gasteiger partial charge in [-0.15, -0.1) is 11.3 Å². The van der Waals surface area contributed by atoms with E-state index in [0.717, 1.165) is 13.0 Å². The van der Waals surface area contributed by atoms with Gasteiger partial charge in [0.2, 0.25) is 0 Å². The summed E-state index contributed by atoms with van der Waals surface area (Å²) >= 11 is 1.83. The van der Waals surface area contributed by atoms with Crippen LogP contribution in [0.25, 0.3) is 10.9 Å². The Hall–Kier alpha value is -1.58. The molecule has 0 aliphatic carbocycles. The summed E-state index contributed by atoms with van der Waals surface area (Å²) in [6.45, 7) is 1.64. The van der Waals surface area contributed by atoms with Gasteiger partial charge in [0, 0.05) is 29.7 Å². The van der Waals surface area contributed by atoms with Gasteiger partial charge in [-0.2, -0.15) is 0 Å². The number of hydrogen-bond donors (Lipinski definition) is 1. The van der Waals surface area contributed by atoms with Gasteiger partial charge in [-0.3, -0.25) is 0 Å². The number of nitrogens with two attached hydrogens (primary N) is 1. The predicted octanol–water partition coefficient (Wildman–Crippen LogP) is 3.40. The lowest BCUT2D eigenvalue weighted by atomic mass is 10.1. The highest BCUT2D eigenvalue weighted by atomic mass is 32.1. The van der Waals surface area contributed by atoms with Crippen LogP contribution in [0.15, 0.2) is 48.0 Å². The molecule has 0 bridgehead atoms. The first-order chi connectivity index (χ1) is 8.86. The normalized spacial score (nSPS) is 11.2. The number of fused-ring (bicyclic) bond motifs is 1. The number of aromatic nitrogens is 1. The van der Waals surface area contributed by atoms with Gasteiger partial charge < -0.3 is 10.3 Å². The lowest BCUT2D eigenvalue weighted by Crippen LogP contribution is -1.99. The Labute approximate surface area is 111 Å². The van der Waals surface area contributed by atoms with E-state index in [1.165, 1.54) is 21.3 Å². The first-order valence-electron chi connectivity index (χ1n) is 6.17. The monoisotopic (exact) mass is 256 g/mol. The number of rotatable bonds is 4. The molecule has 0 fully saturated rings. The van der Waals surface area contributed by atoms with E-state index in [-0.39, 0.29) is 0 Å². The first-order valence-corrected chi connectivity index (χ1v) is 7.05. The first kappa shape index (κ1) is 11.5. The summed E-state index contributed by atoms with van der Waals surface area (Å²) in [5.74, 6) is 0. The van der Waals surface area contributed by atoms with Crippen molar-refractivity contribution in [2.45, 2.75) is 19.5 Å². The largest absolute Gasteiger partial charge is 0.347 e. The predicted molar refractivity (Wildman–Crippen MR) is 77.9 cm³/mol. The van der Waals surface area contributed by atoms with Crippen molar-refractivity contribution >= 4 is 22.2 Å². The van der Waals surface area contributed by atoms with Crippen LogP contribution in [0.4, 0.5) is 0 Å². The van der Waals surface area contributed by atoms with Gasteiger partial charge in [-0.1, -0.05) is 12.1 Å². The van der Waals surface area contributed by atoms with Crippen LogP contribution in [0.2, 0.25) is 0 Å². The topological polar surface area (TPSA) is 30.9 Å². The van der Waals surface area contributed by atoms with Crippen molar-refractivity contribution in [1.29, 1.82) is 0 Å². The Kier molecular flexibility index (Phi) is 3.17. The van der Waals surface area contributed by atoms with Gasteiger partial charge in [0.25, 0.3) is 0 Å². The van der Waals surface area contributed by atoms with Gasteiger partial charge in [0.15, 0.2) is 0 Å². The standard InChI is InChI=1S/C15H16N2S/c16-11-12-3-4-15-13(10-12)5-7-17(15)8-6-14-2-1-9-18-14/h1-5,7,9-10H,6,8,11,16H2. The van der Waals surface area contributed by atoms with Crippen LogP contribution in [0, 0.1) is 0 Å². The number of hydrogen-bond acceptors (Lipinski definition) is 2. The molecule has 0 atom stereocenters. The lowest BCUT2D eigenvalue weighted by Gasteiger charge is -2.05. The molecule has 0 spiro atoms. The SMILES string of the molecule is NCc1ccc2c(ccn2CCc2cccs2)c1. The highest BCUT2D eigenvalue weighted by molar-refractivity contribution is 7.09. The minimum absolute atomic E-state index is 0.607. The zero-order valence-electron chi connectivity index (χ0n) is 10.2. The molecule has 0 radical (unpaired) electrons. The molecule has 0 aliphatic heterocycles. The van der Waals surface area contributed by atoms with Gasteiger partial charge >= 0.3 is 0 Å². The molecule has 2 aromatic heterocycles. The number of aryl methyl sites for hydroxylation is 2. The minimum Gasteiger partial charge on any atom is -0.347 e. The Morgan fingerprint density at radius 3 is 2.89 bits per heavy atom. The van der Waals surface area contributed by atoms with Crippen LogP contribution >= 0.6 is 11.3 Å². The number of benzene rings is 1. The minimum atomic E-state index is 0.607. The van der Waals surface area contributed by atoms with Gasteiger partial charge in [0.1, 0.15) is 0 Å². The molecule has 0 saturated carbocycles. The molecule has 0 amide bonds. The van der Waals surface area contributed by atoms with Crippen LogP contribution < -0.4 is 5.73 Å². The molecular formula is C15H16N2S. The van der Waals surface area contributed by atoms with Crippen molar-refractivity contribution in [3.05, 3.63) is 58.4 Å². The van der Waals surface area contributed by atoms with Crippen LogP contribution in [0.1, 0.15) is 10.4 Å². The van der Waals surface area contributed by atoms with Crippen LogP contribution in [-0.4, -0.2) is 4.57 Å². The second-order valence-electron chi connectivity index (χ2n) is 4.44. The average Bonchev–Trinajstić information content (AvgIpc) is 3.05. The fourth-order valence-corrected chi connectivity index (χ4v) is 2.96. The molecule has 0 saturated heterocycles. The third-order valence-corrected chi connectivity index (χ3v) is 4.19. The van der Waals surface area contributed by atoms with Crippen LogP contribution in [0.3, 0.4) is 0 Å². The van der Waals surface area contributed by atoms with E-state index < -0.39 is 0 Å². The van der Waals surface area contributed by atoms with E-state index in [1.807, 2.05) is 11.3 Å². The Balaban J connectivity index is 1.84. The molecule has 3 aromatic rings. The zero-order valence-corrected chi connectivity index (χ0v) is 11.0. The molecule has 2 N–H and O–H groups in total. The average molecular weight is 256 g/mol. The van der Waals surface area contributed by atoms with Gasteiger partial charge in [-0.25, -0.2) is 0 Å². The molecule has 92 valence electrons. The summed E-state index contributed by atoms with van der Waals surface area (Å²) in [6.07, 6.45) is 3.26. The van der Waals surface area contributed by atoms with Crippen LogP contribution in [-0.2, 0) is 19.5 Å². The summed E-state index contributed by atoms with van der Waals surface area (Å²) in [5.41, 5.74) is 8.15. The van der Waals surface area contributed by atoms with E-state index in [9.17, 15) is 0 Å². The Morgan fingerprint density at radius 1 is 1.17 bits per heavy atom. The van der Waals surface area contributed by atoms with Crippen molar-refractivity contribution in [1.82, 2.24) is 4.57 Å². The summed E-state index contributed by atoms with van der Waals surface area (Å²) in [5, 5.41) is 3.42.